The molecule has 4 rings (SSSR count). The second-order valence-electron chi connectivity index (χ2n) is 8.00. The van der Waals surface area contributed by atoms with Crippen LogP contribution in [-0.4, -0.2) is 38.6 Å². The van der Waals surface area contributed by atoms with E-state index in [0.29, 0.717) is 17.4 Å². The first-order chi connectivity index (χ1) is 12.1. The summed E-state index contributed by atoms with van der Waals surface area (Å²) < 4.78 is 2.14. The molecule has 2 fully saturated rings. The van der Waals surface area contributed by atoms with Crippen LogP contribution in [0.4, 0.5) is 0 Å². The van der Waals surface area contributed by atoms with Gasteiger partial charge >= 0.3 is 0 Å². The van der Waals surface area contributed by atoms with Crippen molar-refractivity contribution in [1.82, 2.24) is 24.8 Å². The molecule has 2 aromatic rings. The highest BCUT2D eigenvalue weighted by Gasteiger charge is 2.56. The van der Waals surface area contributed by atoms with E-state index in [1.165, 1.54) is 42.2 Å². The molecule has 0 amide bonds. The summed E-state index contributed by atoms with van der Waals surface area (Å²) in [6.07, 6.45) is 9.97. The lowest BCUT2D eigenvalue weighted by Crippen LogP contribution is -2.36. The average Bonchev–Trinajstić information content (AvgIpc) is 2.95. The van der Waals surface area contributed by atoms with E-state index in [9.17, 15) is 0 Å². The van der Waals surface area contributed by atoms with Crippen LogP contribution in [0.5, 0.6) is 0 Å². The van der Waals surface area contributed by atoms with Crippen molar-refractivity contribution in [2.75, 3.05) is 13.1 Å². The van der Waals surface area contributed by atoms with Gasteiger partial charge < -0.3 is 9.88 Å². The van der Waals surface area contributed by atoms with E-state index >= 15 is 0 Å². The van der Waals surface area contributed by atoms with Crippen LogP contribution < -0.4 is 5.32 Å². The number of halogens is 1. The Kier molecular flexibility index (Phi) is 6.07. The maximum Gasteiger partial charge on any atom is 0.122 e. The minimum atomic E-state index is 0. The molecular formula is C19H30ClN5S. The molecule has 1 saturated heterocycles. The van der Waals surface area contributed by atoms with Gasteiger partial charge in [0.25, 0.3) is 0 Å². The summed E-state index contributed by atoms with van der Waals surface area (Å²) in [4.78, 5) is 13.3. The number of hydrogen-bond acceptors (Lipinski definition) is 5. The molecule has 0 radical (unpaired) electrons. The molecule has 1 unspecified atom stereocenters. The number of nitrogens with zero attached hydrogens (tertiary/aromatic N) is 4. The Morgan fingerprint density at radius 1 is 1.31 bits per heavy atom. The predicted octanol–water partition coefficient (Wildman–Crippen LogP) is 3.57. The third-order valence-electron chi connectivity index (χ3n) is 5.93. The molecule has 1 spiro atoms. The molecule has 1 aliphatic carbocycles. The molecule has 26 heavy (non-hydrogen) atoms. The molecule has 5 nitrogen and oxygen atoms in total. The van der Waals surface area contributed by atoms with Crippen molar-refractivity contribution in [2.24, 2.45) is 12.5 Å². The van der Waals surface area contributed by atoms with Crippen LogP contribution in [0.2, 0.25) is 0 Å². The van der Waals surface area contributed by atoms with E-state index in [2.05, 4.69) is 46.9 Å². The van der Waals surface area contributed by atoms with Crippen molar-refractivity contribution in [3.63, 3.8) is 0 Å². The second kappa shape index (κ2) is 7.97. The Bertz CT molecular complexity index is 719. The van der Waals surface area contributed by atoms with Gasteiger partial charge in [-0.1, -0.05) is 13.8 Å². The zero-order valence-electron chi connectivity index (χ0n) is 15.9. The molecule has 2 aromatic heterocycles. The Labute approximate surface area is 166 Å². The lowest BCUT2D eigenvalue weighted by molar-refractivity contribution is 0.182. The van der Waals surface area contributed by atoms with Gasteiger partial charge in [0.15, 0.2) is 0 Å². The SMILES string of the molecule is CC(C)c1cnc(CN(Cc2nccn2C)C2CC23CCNCC3)s1.Cl. The second-order valence-corrected chi connectivity index (χ2v) is 9.15. The summed E-state index contributed by atoms with van der Waals surface area (Å²) in [7, 11) is 2.09. The average molecular weight is 396 g/mol. The van der Waals surface area contributed by atoms with Crippen LogP contribution in [0.3, 0.4) is 0 Å². The first-order valence-corrected chi connectivity index (χ1v) is 10.2. The standard InChI is InChI=1S/C19H29N5S.ClH/c1-14(2)15-11-22-18(25-15)13-24(12-17-21-8-9-23(17)3)16-10-19(16)4-6-20-7-5-19;/h8-9,11,14,16,20H,4-7,10,12-13H2,1-3H3;1H. The van der Waals surface area contributed by atoms with Gasteiger partial charge in [-0.05, 0) is 43.7 Å². The van der Waals surface area contributed by atoms with Gasteiger partial charge in [0.2, 0.25) is 0 Å². The summed E-state index contributed by atoms with van der Waals surface area (Å²) in [6.45, 7) is 8.69. The molecule has 1 saturated carbocycles. The molecule has 1 aliphatic heterocycles. The zero-order valence-corrected chi connectivity index (χ0v) is 17.6. The third-order valence-corrected chi connectivity index (χ3v) is 7.21. The van der Waals surface area contributed by atoms with Crippen molar-refractivity contribution in [3.8, 4) is 0 Å². The van der Waals surface area contributed by atoms with E-state index in [-0.39, 0.29) is 12.4 Å². The van der Waals surface area contributed by atoms with Crippen molar-refractivity contribution in [1.29, 1.82) is 0 Å². The molecule has 1 N–H and O–H groups in total. The van der Waals surface area contributed by atoms with Gasteiger partial charge in [0.1, 0.15) is 10.8 Å². The largest absolute Gasteiger partial charge is 0.337 e. The Balaban J connectivity index is 0.00000196. The van der Waals surface area contributed by atoms with Gasteiger partial charge in [-0.25, -0.2) is 9.97 Å². The summed E-state index contributed by atoms with van der Waals surface area (Å²) in [5, 5.41) is 4.76. The Morgan fingerprint density at radius 3 is 2.69 bits per heavy atom. The van der Waals surface area contributed by atoms with Crippen LogP contribution in [-0.2, 0) is 20.1 Å². The van der Waals surface area contributed by atoms with Crippen LogP contribution in [0.1, 0.15) is 54.7 Å². The highest BCUT2D eigenvalue weighted by atomic mass is 35.5. The molecule has 3 heterocycles. The van der Waals surface area contributed by atoms with E-state index in [4.69, 9.17) is 4.98 Å². The first kappa shape index (κ1) is 19.8. The lowest BCUT2D eigenvalue weighted by atomic mass is 9.93. The molecular weight excluding hydrogens is 366 g/mol. The smallest absolute Gasteiger partial charge is 0.122 e. The van der Waals surface area contributed by atoms with Crippen LogP contribution in [0.25, 0.3) is 0 Å². The van der Waals surface area contributed by atoms with Gasteiger partial charge in [-0.2, -0.15) is 0 Å². The monoisotopic (exact) mass is 395 g/mol. The summed E-state index contributed by atoms with van der Waals surface area (Å²) in [5.74, 6) is 1.71. The van der Waals surface area contributed by atoms with Crippen molar-refractivity contribution >= 4 is 23.7 Å². The number of rotatable bonds is 6. The van der Waals surface area contributed by atoms with E-state index in [0.717, 1.165) is 18.9 Å². The van der Waals surface area contributed by atoms with Gasteiger partial charge in [-0.3, -0.25) is 4.90 Å². The highest BCUT2D eigenvalue weighted by molar-refractivity contribution is 7.11. The predicted molar refractivity (Wildman–Crippen MR) is 109 cm³/mol. The van der Waals surface area contributed by atoms with Crippen molar-refractivity contribution in [2.45, 2.75) is 58.2 Å². The van der Waals surface area contributed by atoms with E-state index < -0.39 is 0 Å². The Morgan fingerprint density at radius 2 is 2.08 bits per heavy atom. The minimum absolute atomic E-state index is 0. The Hall–Kier alpha value is -0.950. The number of aromatic nitrogens is 3. The number of imidazole rings is 1. The number of hydrogen-bond donors (Lipinski definition) is 1. The molecule has 7 heteroatoms. The van der Waals surface area contributed by atoms with Crippen LogP contribution >= 0.6 is 23.7 Å². The molecule has 0 bridgehead atoms. The number of piperidine rings is 1. The fourth-order valence-electron chi connectivity index (χ4n) is 4.15. The minimum Gasteiger partial charge on any atom is -0.337 e. The summed E-state index contributed by atoms with van der Waals surface area (Å²) in [5.41, 5.74) is 0.536. The molecule has 0 aromatic carbocycles. The number of thiazole rings is 1. The molecule has 1 atom stereocenters. The van der Waals surface area contributed by atoms with E-state index in [1.807, 2.05) is 23.7 Å². The van der Waals surface area contributed by atoms with Crippen LogP contribution in [0, 0.1) is 5.41 Å². The molecule has 144 valence electrons. The fourth-order valence-corrected chi connectivity index (χ4v) is 5.10. The van der Waals surface area contributed by atoms with Gasteiger partial charge in [0.05, 0.1) is 13.1 Å². The highest BCUT2D eigenvalue weighted by Crippen LogP contribution is 2.56. The maximum atomic E-state index is 4.71. The van der Waals surface area contributed by atoms with E-state index in [1.54, 1.807) is 0 Å². The first-order valence-electron chi connectivity index (χ1n) is 9.43. The van der Waals surface area contributed by atoms with Crippen molar-refractivity contribution < 1.29 is 0 Å². The summed E-state index contributed by atoms with van der Waals surface area (Å²) >= 11 is 1.87. The normalized spacial score (nSPS) is 21.3. The van der Waals surface area contributed by atoms with Gasteiger partial charge in [-0.15, -0.1) is 23.7 Å². The third kappa shape index (κ3) is 3.98. The molecule has 2 aliphatic rings. The number of nitrogens with one attached hydrogen (secondary N) is 1. The maximum absolute atomic E-state index is 4.71. The topological polar surface area (TPSA) is 46.0 Å². The number of aryl methyl sites for hydroxylation is 1. The fraction of sp³-hybridized carbons (Fsp3) is 0.684. The van der Waals surface area contributed by atoms with Gasteiger partial charge in [0, 0.05) is 36.6 Å². The van der Waals surface area contributed by atoms with Crippen molar-refractivity contribution in [3.05, 3.63) is 34.3 Å². The lowest BCUT2D eigenvalue weighted by Gasteiger charge is -2.29. The quantitative estimate of drug-likeness (QED) is 0.812. The van der Waals surface area contributed by atoms with Crippen LogP contribution in [0.15, 0.2) is 18.6 Å². The zero-order chi connectivity index (χ0) is 17.4. The summed E-state index contributed by atoms with van der Waals surface area (Å²) in [6, 6.07) is 0.678.